The first kappa shape index (κ1) is 20.2. The molecular formula is C21H22ClF2NOS. The Morgan fingerprint density at radius 3 is 2.52 bits per heavy atom. The average Bonchev–Trinajstić information content (AvgIpc) is 2.66. The zero-order valence-corrected chi connectivity index (χ0v) is 16.7. The van der Waals surface area contributed by atoms with Gasteiger partial charge in [-0.2, -0.15) is 0 Å². The number of anilines is 1. The van der Waals surface area contributed by atoms with E-state index in [1.165, 1.54) is 11.6 Å². The van der Waals surface area contributed by atoms with Crippen LogP contribution in [0.2, 0.25) is 0 Å². The van der Waals surface area contributed by atoms with Gasteiger partial charge < -0.3 is 5.32 Å². The zero-order chi connectivity index (χ0) is 19.4. The number of alkyl halides is 1. The van der Waals surface area contributed by atoms with Gasteiger partial charge in [-0.25, -0.2) is 8.78 Å². The van der Waals surface area contributed by atoms with Gasteiger partial charge in [0.15, 0.2) is 11.6 Å². The second-order valence-electron chi connectivity index (χ2n) is 6.75. The summed E-state index contributed by atoms with van der Waals surface area (Å²) in [4.78, 5) is 13.6. The van der Waals surface area contributed by atoms with Crippen molar-refractivity contribution in [2.24, 2.45) is 0 Å². The van der Waals surface area contributed by atoms with Crippen molar-refractivity contribution in [3.05, 3.63) is 59.2 Å². The number of halogens is 3. The molecule has 0 heterocycles. The van der Waals surface area contributed by atoms with E-state index in [1.807, 2.05) is 23.9 Å². The van der Waals surface area contributed by atoms with Crippen LogP contribution in [0, 0.1) is 11.6 Å². The number of aryl methyl sites for hydroxylation is 1. The minimum Gasteiger partial charge on any atom is -0.322 e. The van der Waals surface area contributed by atoms with Crippen LogP contribution in [0.5, 0.6) is 0 Å². The predicted octanol–water partition coefficient (Wildman–Crippen LogP) is 6.42. The predicted molar refractivity (Wildman–Crippen MR) is 108 cm³/mol. The fourth-order valence-electron chi connectivity index (χ4n) is 3.19. The molecule has 2 aromatic rings. The summed E-state index contributed by atoms with van der Waals surface area (Å²) in [6, 6.07) is 8.96. The molecule has 3 rings (SSSR count). The first-order valence-corrected chi connectivity index (χ1v) is 10.5. The Morgan fingerprint density at radius 2 is 1.85 bits per heavy atom. The molecule has 1 aliphatic rings. The van der Waals surface area contributed by atoms with Crippen LogP contribution in [0.1, 0.15) is 48.5 Å². The molecule has 0 radical (unpaired) electrons. The van der Waals surface area contributed by atoms with Crippen molar-refractivity contribution in [3.63, 3.8) is 0 Å². The minimum atomic E-state index is -0.986. The van der Waals surface area contributed by atoms with Crippen LogP contribution in [0.4, 0.5) is 14.5 Å². The highest BCUT2D eigenvalue weighted by Crippen LogP contribution is 2.37. The van der Waals surface area contributed by atoms with E-state index < -0.39 is 11.6 Å². The van der Waals surface area contributed by atoms with Crippen molar-refractivity contribution >= 4 is 35.0 Å². The summed E-state index contributed by atoms with van der Waals surface area (Å²) in [7, 11) is 0. The molecular weight excluding hydrogens is 388 g/mol. The highest BCUT2D eigenvalue weighted by molar-refractivity contribution is 8.00. The van der Waals surface area contributed by atoms with Crippen molar-refractivity contribution in [2.45, 2.75) is 54.6 Å². The average molecular weight is 410 g/mol. The molecule has 0 bridgehead atoms. The molecule has 0 aromatic heterocycles. The lowest BCUT2D eigenvalue weighted by Gasteiger charge is -2.25. The maximum absolute atomic E-state index is 13.3. The van der Waals surface area contributed by atoms with Gasteiger partial charge in [-0.3, -0.25) is 4.79 Å². The van der Waals surface area contributed by atoms with Gasteiger partial charge in [-0.15, -0.1) is 23.4 Å². The van der Waals surface area contributed by atoms with Crippen molar-refractivity contribution in [1.82, 2.24) is 0 Å². The van der Waals surface area contributed by atoms with Gasteiger partial charge in [0.25, 0.3) is 5.91 Å². The van der Waals surface area contributed by atoms with E-state index in [0.717, 1.165) is 49.1 Å². The number of nitrogens with one attached hydrogen (secondary N) is 1. The first-order chi connectivity index (χ1) is 13.0. The number of rotatable bonds is 5. The van der Waals surface area contributed by atoms with Gasteiger partial charge in [0.1, 0.15) is 0 Å². The number of amides is 1. The Balaban J connectivity index is 1.75. The van der Waals surface area contributed by atoms with E-state index >= 15 is 0 Å². The number of hydrogen-bond acceptors (Lipinski definition) is 2. The quantitative estimate of drug-likeness (QED) is 0.577. The third kappa shape index (κ3) is 5.23. The molecule has 144 valence electrons. The van der Waals surface area contributed by atoms with Crippen LogP contribution in [0.25, 0.3) is 0 Å². The molecule has 27 heavy (non-hydrogen) atoms. The maximum Gasteiger partial charge on any atom is 0.255 e. The largest absolute Gasteiger partial charge is 0.322 e. The molecule has 2 aromatic carbocycles. The molecule has 1 amide bonds. The van der Waals surface area contributed by atoms with Gasteiger partial charge in [-0.05, 0) is 61.9 Å². The molecule has 0 saturated heterocycles. The summed E-state index contributed by atoms with van der Waals surface area (Å²) in [5, 5.41) is 3.42. The molecule has 1 N–H and O–H groups in total. The molecule has 1 saturated carbocycles. The number of benzene rings is 2. The summed E-state index contributed by atoms with van der Waals surface area (Å²) in [6.07, 6.45) is 5.09. The summed E-state index contributed by atoms with van der Waals surface area (Å²) in [5.41, 5.74) is 1.94. The van der Waals surface area contributed by atoms with Crippen LogP contribution in [-0.4, -0.2) is 16.5 Å². The zero-order valence-electron chi connectivity index (χ0n) is 15.1. The summed E-state index contributed by atoms with van der Waals surface area (Å²) >= 11 is 8.01. The van der Waals surface area contributed by atoms with Crippen LogP contribution in [0.3, 0.4) is 0 Å². The van der Waals surface area contributed by atoms with Crippen LogP contribution in [0.15, 0.2) is 41.3 Å². The van der Waals surface area contributed by atoms with Crippen LogP contribution >= 0.6 is 23.4 Å². The Hall–Kier alpha value is -1.59. The number of hydrogen-bond donors (Lipinski definition) is 1. The Labute approximate surface area is 167 Å². The first-order valence-electron chi connectivity index (χ1n) is 9.16. The van der Waals surface area contributed by atoms with E-state index in [0.29, 0.717) is 10.8 Å². The molecule has 1 fully saturated rings. The van der Waals surface area contributed by atoms with E-state index in [2.05, 4.69) is 12.2 Å². The lowest BCUT2D eigenvalue weighted by atomic mass is 10.00. The smallest absolute Gasteiger partial charge is 0.255 e. The van der Waals surface area contributed by atoms with Gasteiger partial charge in [0, 0.05) is 32.8 Å². The van der Waals surface area contributed by atoms with E-state index in [-0.39, 0.29) is 17.0 Å². The van der Waals surface area contributed by atoms with Crippen molar-refractivity contribution in [2.75, 3.05) is 5.32 Å². The highest BCUT2D eigenvalue weighted by Gasteiger charge is 2.21. The number of carbonyl (C=O) groups is 1. The Bertz CT molecular complexity index is 822. The topological polar surface area (TPSA) is 29.1 Å². The Kier molecular flexibility index (Phi) is 6.77. The monoisotopic (exact) mass is 409 g/mol. The molecule has 1 aliphatic carbocycles. The van der Waals surface area contributed by atoms with Gasteiger partial charge in [-0.1, -0.05) is 13.0 Å². The fourth-order valence-corrected chi connectivity index (χ4v) is 4.87. The third-order valence-corrected chi connectivity index (χ3v) is 6.66. The Morgan fingerprint density at radius 1 is 1.11 bits per heavy atom. The van der Waals surface area contributed by atoms with Gasteiger partial charge >= 0.3 is 0 Å². The SMILES string of the molecule is CCc1ccc(C(=O)Nc2ccc(F)c(F)c2)cc1SC1CCC(Cl)CC1. The molecule has 0 aliphatic heterocycles. The molecule has 2 nitrogen and oxygen atoms in total. The summed E-state index contributed by atoms with van der Waals surface area (Å²) in [6.45, 7) is 2.09. The van der Waals surface area contributed by atoms with Crippen LogP contribution < -0.4 is 5.32 Å². The fraction of sp³-hybridized carbons (Fsp3) is 0.381. The molecule has 0 spiro atoms. The van der Waals surface area contributed by atoms with Crippen molar-refractivity contribution in [3.8, 4) is 0 Å². The van der Waals surface area contributed by atoms with E-state index in [4.69, 9.17) is 11.6 Å². The standard InChI is InChI=1S/C21H22ClF2NOS/c1-2-13-3-4-14(11-20(13)27-17-8-5-15(22)6-9-17)21(26)25-16-7-10-18(23)19(24)12-16/h3-4,7,10-12,15,17H,2,5-6,8-9H2,1H3,(H,25,26). The second-order valence-corrected chi connectivity index (χ2v) is 8.71. The van der Waals surface area contributed by atoms with Crippen molar-refractivity contribution in [1.29, 1.82) is 0 Å². The van der Waals surface area contributed by atoms with E-state index in [1.54, 1.807) is 6.07 Å². The maximum atomic E-state index is 13.3. The van der Waals surface area contributed by atoms with Gasteiger partial charge in [0.2, 0.25) is 0 Å². The van der Waals surface area contributed by atoms with Crippen LogP contribution in [-0.2, 0) is 6.42 Å². The van der Waals surface area contributed by atoms with Crippen molar-refractivity contribution < 1.29 is 13.6 Å². The summed E-state index contributed by atoms with van der Waals surface area (Å²) in [5.74, 6) is -2.26. The highest BCUT2D eigenvalue weighted by atomic mass is 35.5. The minimum absolute atomic E-state index is 0.230. The second kappa shape index (κ2) is 9.07. The molecule has 0 atom stereocenters. The molecule has 6 heteroatoms. The normalized spacial score (nSPS) is 19.7. The van der Waals surface area contributed by atoms with E-state index in [9.17, 15) is 13.6 Å². The lowest BCUT2D eigenvalue weighted by molar-refractivity contribution is 0.102. The van der Waals surface area contributed by atoms with Gasteiger partial charge in [0.05, 0.1) is 0 Å². The lowest BCUT2D eigenvalue weighted by Crippen LogP contribution is -2.16. The number of carbonyl (C=O) groups excluding carboxylic acids is 1. The third-order valence-electron chi connectivity index (χ3n) is 4.79. The summed E-state index contributed by atoms with van der Waals surface area (Å²) < 4.78 is 26.4. The molecule has 0 unspecified atom stereocenters. The number of thioether (sulfide) groups is 1.